The summed E-state index contributed by atoms with van der Waals surface area (Å²) in [6, 6.07) is 0. The Morgan fingerprint density at radius 1 is 1.29 bits per heavy atom. The highest BCUT2D eigenvalue weighted by molar-refractivity contribution is 7.52. The molecule has 0 atom stereocenters. The summed E-state index contributed by atoms with van der Waals surface area (Å²) >= 11 is 0. The van der Waals surface area contributed by atoms with Crippen molar-refractivity contribution in [2.75, 3.05) is 18.9 Å². The molecule has 0 unspecified atom stereocenters. The van der Waals surface area contributed by atoms with Crippen LogP contribution in [0.2, 0.25) is 0 Å². The fraction of sp³-hybridized carbons (Fsp3) is 0.778. The van der Waals surface area contributed by atoms with Gasteiger partial charge in [0.25, 0.3) is 0 Å². The first-order chi connectivity index (χ1) is 8.07. The molecule has 0 amide bonds. The molecule has 0 saturated carbocycles. The highest BCUT2D eigenvalue weighted by Crippen LogP contribution is 2.49. The Balaban J connectivity index is 3.05. The lowest BCUT2D eigenvalue weighted by Crippen LogP contribution is -2.09. The van der Waals surface area contributed by atoms with Crippen molar-refractivity contribution in [1.29, 1.82) is 0 Å². The summed E-state index contributed by atoms with van der Waals surface area (Å²) in [6.45, 7) is 5.96. The Hall–Kier alpha value is -0.910. The SMILES string of the molecule is CCCc1nc(N)n(P(=O)(OCC)OCC)n1. The first-order valence-electron chi connectivity index (χ1n) is 5.68. The van der Waals surface area contributed by atoms with Crippen molar-refractivity contribution in [1.82, 2.24) is 14.5 Å². The van der Waals surface area contributed by atoms with Gasteiger partial charge in [0.15, 0.2) is 5.82 Å². The molecule has 1 aromatic heterocycles. The predicted octanol–water partition coefficient (Wildman–Crippen LogP) is 1.84. The van der Waals surface area contributed by atoms with E-state index in [0.29, 0.717) is 12.2 Å². The van der Waals surface area contributed by atoms with Crippen LogP contribution in [0.4, 0.5) is 5.95 Å². The second kappa shape index (κ2) is 6.14. The molecular formula is C9H19N4O3P. The van der Waals surface area contributed by atoms with Crippen LogP contribution >= 0.6 is 7.75 Å². The Kier molecular flexibility index (Phi) is 5.11. The lowest BCUT2D eigenvalue weighted by molar-refractivity contribution is 0.209. The highest BCUT2D eigenvalue weighted by Gasteiger charge is 2.31. The van der Waals surface area contributed by atoms with Crippen LogP contribution in [0.5, 0.6) is 0 Å². The summed E-state index contributed by atoms with van der Waals surface area (Å²) < 4.78 is 23.7. The van der Waals surface area contributed by atoms with Gasteiger partial charge in [-0.15, -0.1) is 9.55 Å². The Morgan fingerprint density at radius 2 is 1.88 bits per heavy atom. The Labute approximate surface area is 101 Å². The first-order valence-corrected chi connectivity index (χ1v) is 7.18. The van der Waals surface area contributed by atoms with Gasteiger partial charge in [-0.1, -0.05) is 6.92 Å². The molecule has 0 spiro atoms. The van der Waals surface area contributed by atoms with Crippen molar-refractivity contribution in [3.8, 4) is 0 Å². The molecule has 0 aromatic carbocycles. The maximum atomic E-state index is 12.4. The zero-order chi connectivity index (χ0) is 12.9. The van der Waals surface area contributed by atoms with E-state index in [0.717, 1.165) is 10.9 Å². The molecule has 2 N–H and O–H groups in total. The third kappa shape index (κ3) is 3.28. The van der Waals surface area contributed by atoms with Crippen molar-refractivity contribution < 1.29 is 13.6 Å². The van der Waals surface area contributed by atoms with Crippen LogP contribution in [0.1, 0.15) is 33.0 Å². The van der Waals surface area contributed by atoms with E-state index in [4.69, 9.17) is 14.8 Å². The van der Waals surface area contributed by atoms with Crippen LogP contribution in [0.15, 0.2) is 0 Å². The number of nitrogens with two attached hydrogens (primary N) is 1. The molecule has 8 heteroatoms. The van der Waals surface area contributed by atoms with Crippen LogP contribution in [0, 0.1) is 0 Å². The van der Waals surface area contributed by atoms with E-state index in [1.165, 1.54) is 0 Å². The van der Waals surface area contributed by atoms with Crippen molar-refractivity contribution in [2.24, 2.45) is 0 Å². The van der Waals surface area contributed by atoms with Gasteiger partial charge in [0.1, 0.15) is 0 Å². The van der Waals surface area contributed by atoms with Crippen LogP contribution < -0.4 is 5.73 Å². The van der Waals surface area contributed by atoms with E-state index in [2.05, 4.69) is 10.1 Å². The number of aromatic nitrogens is 3. The number of rotatable bonds is 7. The number of anilines is 1. The van der Waals surface area contributed by atoms with Gasteiger partial charge in [0.05, 0.1) is 13.2 Å². The second-order valence-electron chi connectivity index (χ2n) is 3.33. The number of hydrogen-bond donors (Lipinski definition) is 1. The number of aryl methyl sites for hydroxylation is 1. The van der Waals surface area contributed by atoms with E-state index < -0.39 is 7.75 Å². The average molecular weight is 262 g/mol. The largest absolute Gasteiger partial charge is 0.458 e. The third-order valence-corrected chi connectivity index (χ3v) is 3.88. The lowest BCUT2D eigenvalue weighted by Gasteiger charge is -2.16. The summed E-state index contributed by atoms with van der Waals surface area (Å²) in [5.41, 5.74) is 5.68. The van der Waals surface area contributed by atoms with Gasteiger partial charge in [0.2, 0.25) is 5.95 Å². The minimum Gasteiger partial charge on any atom is -0.368 e. The topological polar surface area (TPSA) is 92.3 Å². The van der Waals surface area contributed by atoms with Gasteiger partial charge in [-0.05, 0) is 20.3 Å². The van der Waals surface area contributed by atoms with Gasteiger partial charge in [-0.3, -0.25) is 9.05 Å². The zero-order valence-electron chi connectivity index (χ0n) is 10.4. The van der Waals surface area contributed by atoms with Gasteiger partial charge in [0, 0.05) is 6.42 Å². The lowest BCUT2D eigenvalue weighted by atomic mass is 10.3. The number of nitrogens with zero attached hydrogens (tertiary/aromatic N) is 3. The standard InChI is InChI=1S/C9H19N4O3P/c1-4-7-8-11-9(10)13(12-8)17(14,15-5-2)16-6-3/h4-7H2,1-3H3,(H2,10,11,12). The average Bonchev–Trinajstić information content (AvgIpc) is 2.61. The summed E-state index contributed by atoms with van der Waals surface area (Å²) in [5.74, 6) is 0.600. The fourth-order valence-corrected chi connectivity index (χ4v) is 2.80. The maximum Gasteiger partial charge on any atom is 0.458 e. The van der Waals surface area contributed by atoms with Crippen LogP contribution in [0.3, 0.4) is 0 Å². The molecule has 0 radical (unpaired) electrons. The number of hydrogen-bond acceptors (Lipinski definition) is 6. The Bertz CT molecular complexity index is 397. The van der Waals surface area contributed by atoms with Gasteiger partial charge >= 0.3 is 7.75 Å². The predicted molar refractivity (Wildman–Crippen MR) is 64.7 cm³/mol. The minimum atomic E-state index is -3.49. The molecule has 0 fully saturated rings. The highest BCUT2D eigenvalue weighted by atomic mass is 31.2. The van der Waals surface area contributed by atoms with Crippen LogP contribution in [-0.2, 0) is 20.0 Å². The first kappa shape index (κ1) is 14.2. The van der Waals surface area contributed by atoms with E-state index in [1.807, 2.05) is 6.92 Å². The monoisotopic (exact) mass is 262 g/mol. The third-order valence-electron chi connectivity index (χ3n) is 1.95. The van der Waals surface area contributed by atoms with Crippen molar-refractivity contribution in [3.05, 3.63) is 5.82 Å². The summed E-state index contributed by atoms with van der Waals surface area (Å²) in [4.78, 5) is 4.03. The van der Waals surface area contributed by atoms with E-state index >= 15 is 0 Å². The molecular weight excluding hydrogens is 243 g/mol. The normalized spacial score (nSPS) is 11.9. The molecule has 1 rings (SSSR count). The van der Waals surface area contributed by atoms with Crippen molar-refractivity contribution in [3.63, 3.8) is 0 Å². The van der Waals surface area contributed by atoms with Gasteiger partial charge < -0.3 is 5.73 Å². The van der Waals surface area contributed by atoms with Gasteiger partial charge in [-0.2, -0.15) is 4.98 Å². The number of nitrogen functional groups attached to an aromatic ring is 1. The molecule has 1 heterocycles. The molecule has 0 aliphatic heterocycles. The van der Waals surface area contributed by atoms with Crippen LogP contribution in [0.25, 0.3) is 0 Å². The molecule has 17 heavy (non-hydrogen) atoms. The van der Waals surface area contributed by atoms with E-state index in [9.17, 15) is 4.57 Å². The summed E-state index contributed by atoms with van der Waals surface area (Å²) in [6.07, 6.45) is 1.56. The summed E-state index contributed by atoms with van der Waals surface area (Å²) in [5, 5.41) is 4.08. The van der Waals surface area contributed by atoms with Crippen LogP contribution in [-0.4, -0.2) is 27.7 Å². The molecule has 0 aliphatic rings. The van der Waals surface area contributed by atoms with Gasteiger partial charge in [-0.25, -0.2) is 4.57 Å². The molecule has 0 saturated heterocycles. The van der Waals surface area contributed by atoms with E-state index in [-0.39, 0.29) is 19.2 Å². The van der Waals surface area contributed by atoms with E-state index in [1.54, 1.807) is 13.8 Å². The summed E-state index contributed by atoms with van der Waals surface area (Å²) in [7, 11) is -3.49. The quantitative estimate of drug-likeness (QED) is 0.754. The molecule has 7 nitrogen and oxygen atoms in total. The van der Waals surface area contributed by atoms with Crippen molar-refractivity contribution >= 4 is 13.7 Å². The smallest absolute Gasteiger partial charge is 0.368 e. The molecule has 1 aromatic rings. The molecule has 0 aliphatic carbocycles. The maximum absolute atomic E-state index is 12.4. The second-order valence-corrected chi connectivity index (χ2v) is 5.16. The molecule has 0 bridgehead atoms. The van der Waals surface area contributed by atoms with Crippen molar-refractivity contribution in [2.45, 2.75) is 33.6 Å². The fourth-order valence-electron chi connectivity index (χ4n) is 1.34. The minimum absolute atomic E-state index is 0.0543. The zero-order valence-corrected chi connectivity index (χ0v) is 11.3. The molecule has 98 valence electrons. The Morgan fingerprint density at radius 3 is 2.35 bits per heavy atom.